The van der Waals surface area contributed by atoms with Gasteiger partial charge in [0.2, 0.25) is 5.95 Å². The summed E-state index contributed by atoms with van der Waals surface area (Å²) in [5.41, 5.74) is 6.06. The summed E-state index contributed by atoms with van der Waals surface area (Å²) in [6.07, 6.45) is 2.27. The number of nitrogen functional groups attached to an aromatic ring is 1. The second kappa shape index (κ2) is 5.41. The quantitative estimate of drug-likeness (QED) is 0.830. The summed E-state index contributed by atoms with van der Waals surface area (Å²) < 4.78 is 12.9. The molecule has 0 bridgehead atoms. The zero-order valence-electron chi connectivity index (χ0n) is 11.3. The summed E-state index contributed by atoms with van der Waals surface area (Å²) >= 11 is 1.06. The highest BCUT2D eigenvalue weighted by atomic mass is 32.1. The highest BCUT2D eigenvalue weighted by Gasteiger charge is 2.30. The molecule has 0 amide bonds. The Kier molecular flexibility index (Phi) is 3.60. The summed E-state index contributed by atoms with van der Waals surface area (Å²) in [6.45, 7) is 1.54. The van der Waals surface area contributed by atoms with Gasteiger partial charge in [-0.3, -0.25) is 14.2 Å². The summed E-state index contributed by atoms with van der Waals surface area (Å²) in [7, 11) is 0. The first-order valence-electron chi connectivity index (χ1n) is 6.47. The molecule has 9 heteroatoms. The van der Waals surface area contributed by atoms with Gasteiger partial charge in [-0.15, -0.1) is 0 Å². The van der Waals surface area contributed by atoms with Crippen molar-refractivity contribution in [3.05, 3.63) is 15.9 Å². The van der Waals surface area contributed by atoms with E-state index in [1.807, 2.05) is 0 Å². The van der Waals surface area contributed by atoms with Crippen molar-refractivity contribution in [3.8, 4) is 0 Å². The van der Waals surface area contributed by atoms with E-state index >= 15 is 0 Å². The van der Waals surface area contributed by atoms with E-state index in [4.69, 9.17) is 15.2 Å². The number of anilines is 1. The molecule has 8 nitrogen and oxygen atoms in total. The molecule has 0 saturated carbocycles. The Balaban J connectivity index is 1.85. The van der Waals surface area contributed by atoms with Gasteiger partial charge in [-0.05, 0) is 12.8 Å². The predicted molar refractivity (Wildman–Crippen MR) is 75.9 cm³/mol. The van der Waals surface area contributed by atoms with Crippen molar-refractivity contribution in [2.75, 3.05) is 12.3 Å². The third kappa shape index (κ3) is 2.74. The number of fused-ring (bicyclic) bond motifs is 1. The highest BCUT2D eigenvalue weighted by molar-refractivity contribution is 7.16. The van der Waals surface area contributed by atoms with Crippen LogP contribution >= 0.6 is 11.3 Å². The fourth-order valence-electron chi connectivity index (χ4n) is 2.31. The van der Waals surface area contributed by atoms with Crippen LogP contribution in [0, 0.1) is 0 Å². The smallest absolute Gasteiger partial charge is 0.311 e. The van der Waals surface area contributed by atoms with E-state index in [1.165, 1.54) is 17.7 Å². The minimum Gasteiger partial charge on any atom is -0.463 e. The molecule has 1 aliphatic heterocycles. The maximum atomic E-state index is 12.1. The monoisotopic (exact) mass is 310 g/mol. The van der Waals surface area contributed by atoms with Crippen LogP contribution in [0.25, 0.3) is 10.3 Å². The Morgan fingerprint density at radius 2 is 2.43 bits per heavy atom. The summed E-state index contributed by atoms with van der Waals surface area (Å²) in [6, 6.07) is 0. The third-order valence-corrected chi connectivity index (χ3v) is 4.10. The van der Waals surface area contributed by atoms with E-state index in [1.54, 1.807) is 0 Å². The molecule has 0 spiro atoms. The second-order valence-corrected chi connectivity index (χ2v) is 5.74. The highest BCUT2D eigenvalue weighted by Crippen LogP contribution is 2.30. The molecule has 2 unspecified atom stereocenters. The van der Waals surface area contributed by atoms with Crippen LogP contribution in [0.4, 0.5) is 5.95 Å². The molecule has 0 aliphatic carbocycles. The number of rotatable bonds is 3. The molecule has 3 heterocycles. The maximum absolute atomic E-state index is 12.1. The van der Waals surface area contributed by atoms with Crippen molar-refractivity contribution in [2.45, 2.75) is 32.1 Å². The lowest BCUT2D eigenvalue weighted by Crippen LogP contribution is -2.22. The minimum atomic E-state index is -0.416. The van der Waals surface area contributed by atoms with Crippen molar-refractivity contribution in [3.63, 3.8) is 0 Å². The maximum Gasteiger partial charge on any atom is 0.311 e. The van der Waals surface area contributed by atoms with Crippen LogP contribution in [0.1, 0.15) is 26.0 Å². The van der Waals surface area contributed by atoms with E-state index in [0.29, 0.717) is 23.2 Å². The second-order valence-electron chi connectivity index (χ2n) is 4.75. The number of carbonyl (C=O) groups excluding carboxylic acids is 1. The van der Waals surface area contributed by atoms with Crippen LogP contribution in [0.3, 0.4) is 0 Å². The summed E-state index contributed by atoms with van der Waals surface area (Å²) in [5.74, 6) is -0.232. The first-order valence-corrected chi connectivity index (χ1v) is 7.28. The van der Waals surface area contributed by atoms with Crippen molar-refractivity contribution in [1.82, 2.24) is 14.5 Å². The first kappa shape index (κ1) is 14.0. The van der Waals surface area contributed by atoms with Crippen molar-refractivity contribution < 1.29 is 14.3 Å². The average molecular weight is 310 g/mol. The number of nitrogens with zero attached hydrogens (tertiary/aromatic N) is 3. The standard InChI is InChI=1S/C12H14N4O4S/c1-6(17)19-5-7-2-3-9(20-7)16-10-8(21-12(16)18)4-14-11(13)15-10/h4,7,9H,2-3,5H2,1H3,(H2,13,14,15). The number of hydrogen-bond donors (Lipinski definition) is 1. The first-order chi connectivity index (χ1) is 10.0. The van der Waals surface area contributed by atoms with Crippen LogP contribution in [0.15, 0.2) is 11.0 Å². The lowest BCUT2D eigenvalue weighted by Gasteiger charge is -2.14. The molecule has 2 aromatic rings. The molecule has 1 fully saturated rings. The minimum absolute atomic E-state index is 0.114. The van der Waals surface area contributed by atoms with Gasteiger partial charge in [-0.25, -0.2) is 4.98 Å². The molecule has 0 radical (unpaired) electrons. The van der Waals surface area contributed by atoms with Gasteiger partial charge in [-0.1, -0.05) is 11.3 Å². The van der Waals surface area contributed by atoms with Crippen LogP contribution in [-0.4, -0.2) is 33.2 Å². The normalized spacial score (nSPS) is 21.8. The Labute approximate surface area is 123 Å². The predicted octanol–water partition coefficient (Wildman–Crippen LogP) is 0.676. The van der Waals surface area contributed by atoms with Crippen molar-refractivity contribution in [1.29, 1.82) is 0 Å². The fraction of sp³-hybridized carbons (Fsp3) is 0.500. The number of ether oxygens (including phenoxy) is 2. The van der Waals surface area contributed by atoms with E-state index in [0.717, 1.165) is 11.3 Å². The molecule has 21 heavy (non-hydrogen) atoms. The van der Waals surface area contributed by atoms with E-state index in [2.05, 4.69) is 9.97 Å². The number of aromatic nitrogens is 3. The van der Waals surface area contributed by atoms with Crippen molar-refractivity contribution in [2.24, 2.45) is 0 Å². The number of nitrogens with two attached hydrogens (primary N) is 1. The van der Waals surface area contributed by atoms with Crippen molar-refractivity contribution >= 4 is 33.6 Å². The molecular formula is C12H14N4O4S. The number of carbonyl (C=O) groups is 1. The Bertz CT molecular complexity index is 740. The van der Waals surface area contributed by atoms with Crippen LogP contribution in [0.2, 0.25) is 0 Å². The number of esters is 1. The van der Waals surface area contributed by atoms with Crippen LogP contribution < -0.4 is 10.6 Å². The lowest BCUT2D eigenvalue weighted by atomic mass is 10.2. The van der Waals surface area contributed by atoms with E-state index < -0.39 is 6.23 Å². The molecule has 3 rings (SSSR count). The largest absolute Gasteiger partial charge is 0.463 e. The Morgan fingerprint density at radius 1 is 1.62 bits per heavy atom. The summed E-state index contributed by atoms with van der Waals surface area (Å²) in [5, 5.41) is 0. The molecule has 0 aromatic carbocycles. The van der Waals surface area contributed by atoms with Gasteiger partial charge >= 0.3 is 10.8 Å². The van der Waals surface area contributed by atoms with E-state index in [9.17, 15) is 9.59 Å². The molecule has 2 aromatic heterocycles. The topological polar surface area (TPSA) is 109 Å². The molecule has 112 valence electrons. The third-order valence-electron chi connectivity index (χ3n) is 3.22. The number of hydrogen-bond acceptors (Lipinski definition) is 8. The van der Waals surface area contributed by atoms with Gasteiger partial charge in [0.1, 0.15) is 12.8 Å². The molecule has 1 aliphatic rings. The van der Waals surface area contributed by atoms with Gasteiger partial charge in [0.15, 0.2) is 5.65 Å². The van der Waals surface area contributed by atoms with Gasteiger partial charge in [0.05, 0.1) is 17.0 Å². The molecule has 1 saturated heterocycles. The van der Waals surface area contributed by atoms with Gasteiger partial charge in [0, 0.05) is 6.92 Å². The zero-order chi connectivity index (χ0) is 15.0. The van der Waals surface area contributed by atoms with Gasteiger partial charge in [0.25, 0.3) is 0 Å². The SMILES string of the molecule is CC(=O)OCC1CCC(n2c(=O)sc3cnc(N)nc32)O1. The Hall–Kier alpha value is -2.00. The van der Waals surface area contributed by atoms with Crippen LogP contribution in [0.5, 0.6) is 0 Å². The van der Waals surface area contributed by atoms with Gasteiger partial charge < -0.3 is 15.2 Å². The molecule has 2 atom stereocenters. The molecule has 2 N–H and O–H groups in total. The van der Waals surface area contributed by atoms with E-state index in [-0.39, 0.29) is 29.5 Å². The summed E-state index contributed by atoms with van der Waals surface area (Å²) in [4.78, 5) is 30.8. The fourth-order valence-corrected chi connectivity index (χ4v) is 3.14. The Morgan fingerprint density at radius 3 is 3.19 bits per heavy atom. The van der Waals surface area contributed by atoms with Gasteiger partial charge in [-0.2, -0.15) is 4.98 Å². The van der Waals surface area contributed by atoms with Crippen LogP contribution in [-0.2, 0) is 14.3 Å². The number of thiazole rings is 1. The zero-order valence-corrected chi connectivity index (χ0v) is 12.1. The lowest BCUT2D eigenvalue weighted by molar-refractivity contribution is -0.145. The molecular weight excluding hydrogens is 296 g/mol. The average Bonchev–Trinajstić information content (AvgIpc) is 2.99.